The van der Waals surface area contributed by atoms with Crippen molar-refractivity contribution < 1.29 is 4.79 Å². The fraction of sp³-hybridized carbons (Fsp3) is 0.538. The molecule has 0 atom stereocenters. The number of nitrogens with zero attached hydrogens (tertiary/aromatic N) is 1. The van der Waals surface area contributed by atoms with Gasteiger partial charge in [0, 0.05) is 44.4 Å². The van der Waals surface area contributed by atoms with Crippen molar-refractivity contribution in [1.29, 1.82) is 0 Å². The summed E-state index contributed by atoms with van der Waals surface area (Å²) in [5.74, 6) is 0.448. The molecule has 1 aliphatic rings. The molecule has 0 aromatic carbocycles. The third-order valence-electron chi connectivity index (χ3n) is 2.98. The van der Waals surface area contributed by atoms with Crippen molar-refractivity contribution in [2.45, 2.75) is 19.4 Å². The Balaban J connectivity index is 1.54. The smallest absolute Gasteiger partial charge is 0.250 e. The van der Waals surface area contributed by atoms with Gasteiger partial charge in [-0.2, -0.15) is 0 Å². The van der Waals surface area contributed by atoms with E-state index in [4.69, 9.17) is 0 Å². The molecule has 1 heterocycles. The van der Waals surface area contributed by atoms with Crippen LogP contribution in [0.2, 0.25) is 0 Å². The summed E-state index contributed by atoms with van der Waals surface area (Å²) in [5.41, 5.74) is 0.0151. The van der Waals surface area contributed by atoms with Crippen LogP contribution in [0, 0.1) is 5.92 Å². The van der Waals surface area contributed by atoms with Gasteiger partial charge in [0.2, 0.25) is 5.91 Å². The molecule has 1 aliphatic carbocycles. The van der Waals surface area contributed by atoms with Gasteiger partial charge in [0.05, 0.1) is 0 Å². The van der Waals surface area contributed by atoms with Crippen LogP contribution in [0.5, 0.6) is 0 Å². The van der Waals surface area contributed by atoms with E-state index < -0.39 is 0 Å². The number of rotatable bonds is 7. The van der Waals surface area contributed by atoms with Crippen LogP contribution in [0.3, 0.4) is 0 Å². The molecule has 98 valence electrons. The number of nitrogens with one attached hydrogen (secondary N) is 2. The molecule has 1 amide bonds. The Labute approximate surface area is 106 Å². The molecule has 1 aromatic heterocycles. The van der Waals surface area contributed by atoms with Gasteiger partial charge in [-0.25, -0.2) is 0 Å². The largest absolute Gasteiger partial charge is 0.355 e. The Kier molecular flexibility index (Phi) is 4.52. The van der Waals surface area contributed by atoms with E-state index in [1.807, 2.05) is 6.07 Å². The highest BCUT2D eigenvalue weighted by Gasteiger charge is 2.28. The van der Waals surface area contributed by atoms with Crippen LogP contribution in [0.4, 0.5) is 0 Å². The van der Waals surface area contributed by atoms with Gasteiger partial charge in [-0.3, -0.25) is 9.59 Å². The van der Waals surface area contributed by atoms with E-state index in [0.717, 1.165) is 25.9 Å². The number of carbonyl (C=O) groups is 1. The number of amides is 1. The Morgan fingerprint density at radius 3 is 2.83 bits per heavy atom. The maximum Gasteiger partial charge on any atom is 0.250 e. The molecular weight excluding hydrogens is 230 g/mol. The summed E-state index contributed by atoms with van der Waals surface area (Å²) >= 11 is 0. The van der Waals surface area contributed by atoms with Crippen LogP contribution in [0.25, 0.3) is 0 Å². The summed E-state index contributed by atoms with van der Waals surface area (Å²) in [6.07, 6.45) is 3.85. The third kappa shape index (κ3) is 4.00. The first-order valence-corrected chi connectivity index (χ1v) is 6.41. The van der Waals surface area contributed by atoms with Crippen molar-refractivity contribution in [2.75, 3.05) is 19.6 Å². The molecule has 0 radical (unpaired) electrons. The molecule has 5 nitrogen and oxygen atoms in total. The van der Waals surface area contributed by atoms with Crippen LogP contribution in [-0.2, 0) is 11.3 Å². The van der Waals surface area contributed by atoms with Gasteiger partial charge < -0.3 is 15.2 Å². The first-order chi connectivity index (χ1) is 8.77. The maximum atomic E-state index is 11.4. The summed E-state index contributed by atoms with van der Waals surface area (Å²) in [5, 5.41) is 6.09. The normalized spacial score (nSPS) is 14.4. The van der Waals surface area contributed by atoms with Crippen LogP contribution < -0.4 is 16.2 Å². The van der Waals surface area contributed by atoms with E-state index in [1.165, 1.54) is 0 Å². The minimum absolute atomic E-state index is 0.0151. The fourth-order valence-corrected chi connectivity index (χ4v) is 1.73. The topological polar surface area (TPSA) is 63.1 Å². The second-order valence-corrected chi connectivity index (χ2v) is 4.55. The number of hydrogen-bond donors (Lipinski definition) is 2. The molecule has 18 heavy (non-hydrogen) atoms. The third-order valence-corrected chi connectivity index (χ3v) is 2.98. The summed E-state index contributed by atoms with van der Waals surface area (Å²) in [6.45, 7) is 2.76. The Hall–Kier alpha value is -1.62. The Bertz CT molecular complexity index is 452. The SMILES string of the molecule is O=C(NCCNCCn1ccccc1=O)C1CC1. The molecule has 0 aliphatic heterocycles. The summed E-state index contributed by atoms with van der Waals surface area (Å²) in [4.78, 5) is 22.7. The highest BCUT2D eigenvalue weighted by Crippen LogP contribution is 2.28. The zero-order chi connectivity index (χ0) is 12.8. The molecule has 0 saturated heterocycles. The van der Waals surface area contributed by atoms with Gasteiger partial charge in [-0.05, 0) is 18.9 Å². The summed E-state index contributed by atoms with van der Waals surface area (Å²) < 4.78 is 1.66. The van der Waals surface area contributed by atoms with E-state index in [2.05, 4.69) is 10.6 Å². The van der Waals surface area contributed by atoms with Crippen molar-refractivity contribution in [3.63, 3.8) is 0 Å². The first kappa shape index (κ1) is 12.8. The molecule has 5 heteroatoms. The van der Waals surface area contributed by atoms with Gasteiger partial charge in [0.15, 0.2) is 0 Å². The van der Waals surface area contributed by atoms with Crippen molar-refractivity contribution in [2.24, 2.45) is 5.92 Å². The van der Waals surface area contributed by atoms with E-state index in [1.54, 1.807) is 22.9 Å². The number of pyridine rings is 1. The predicted molar refractivity (Wildman–Crippen MR) is 69.3 cm³/mol. The molecule has 1 aromatic rings. The zero-order valence-corrected chi connectivity index (χ0v) is 10.4. The Morgan fingerprint density at radius 1 is 1.28 bits per heavy atom. The van der Waals surface area contributed by atoms with Crippen molar-refractivity contribution >= 4 is 5.91 Å². The summed E-state index contributed by atoms with van der Waals surface area (Å²) in [7, 11) is 0. The van der Waals surface area contributed by atoms with Crippen LogP contribution in [0.1, 0.15) is 12.8 Å². The summed E-state index contributed by atoms with van der Waals surface area (Å²) in [6, 6.07) is 5.13. The van der Waals surface area contributed by atoms with Crippen molar-refractivity contribution in [3.05, 3.63) is 34.7 Å². The van der Waals surface area contributed by atoms with Gasteiger partial charge in [0.1, 0.15) is 0 Å². The van der Waals surface area contributed by atoms with Gasteiger partial charge in [-0.15, -0.1) is 0 Å². The standard InChI is InChI=1S/C13H19N3O2/c17-12-3-1-2-9-16(12)10-8-14-6-7-15-13(18)11-4-5-11/h1-3,9,11,14H,4-8,10H2,(H,15,18). The van der Waals surface area contributed by atoms with Crippen LogP contribution >= 0.6 is 0 Å². The lowest BCUT2D eigenvalue weighted by atomic mass is 10.4. The van der Waals surface area contributed by atoms with E-state index >= 15 is 0 Å². The molecule has 1 fully saturated rings. The van der Waals surface area contributed by atoms with Crippen LogP contribution in [-0.4, -0.2) is 30.1 Å². The van der Waals surface area contributed by atoms with Crippen LogP contribution in [0.15, 0.2) is 29.2 Å². The Morgan fingerprint density at radius 2 is 2.11 bits per heavy atom. The van der Waals surface area contributed by atoms with E-state index in [9.17, 15) is 9.59 Å². The number of aromatic nitrogens is 1. The molecule has 0 unspecified atom stereocenters. The van der Waals surface area contributed by atoms with Gasteiger partial charge in [-0.1, -0.05) is 6.07 Å². The van der Waals surface area contributed by atoms with Gasteiger partial charge in [0.25, 0.3) is 5.56 Å². The van der Waals surface area contributed by atoms with Gasteiger partial charge >= 0.3 is 0 Å². The fourth-order valence-electron chi connectivity index (χ4n) is 1.73. The van der Waals surface area contributed by atoms with E-state index in [-0.39, 0.29) is 17.4 Å². The molecule has 1 saturated carbocycles. The molecule has 0 spiro atoms. The highest BCUT2D eigenvalue weighted by molar-refractivity contribution is 5.80. The van der Waals surface area contributed by atoms with E-state index in [0.29, 0.717) is 13.1 Å². The molecule has 2 N–H and O–H groups in total. The highest BCUT2D eigenvalue weighted by atomic mass is 16.2. The maximum absolute atomic E-state index is 11.4. The minimum atomic E-state index is 0.0151. The lowest BCUT2D eigenvalue weighted by Gasteiger charge is -2.07. The average molecular weight is 249 g/mol. The average Bonchev–Trinajstić information content (AvgIpc) is 3.19. The second kappa shape index (κ2) is 6.35. The molecule has 2 rings (SSSR count). The minimum Gasteiger partial charge on any atom is -0.355 e. The molecule has 0 bridgehead atoms. The lowest BCUT2D eigenvalue weighted by Crippen LogP contribution is -2.34. The number of carbonyl (C=O) groups excluding carboxylic acids is 1. The zero-order valence-electron chi connectivity index (χ0n) is 10.4. The predicted octanol–water partition coefficient (Wildman–Crippen LogP) is -0.0359. The monoisotopic (exact) mass is 249 g/mol. The quantitative estimate of drug-likeness (QED) is 0.667. The molecular formula is C13H19N3O2. The van der Waals surface area contributed by atoms with Crippen molar-refractivity contribution in [1.82, 2.24) is 15.2 Å². The second-order valence-electron chi connectivity index (χ2n) is 4.55. The number of hydrogen-bond acceptors (Lipinski definition) is 3. The lowest BCUT2D eigenvalue weighted by molar-refractivity contribution is -0.122. The first-order valence-electron chi connectivity index (χ1n) is 6.41. The van der Waals surface area contributed by atoms with Crippen molar-refractivity contribution in [3.8, 4) is 0 Å².